The van der Waals surface area contributed by atoms with E-state index in [9.17, 15) is 0 Å². The number of ether oxygens (including phenoxy) is 1. The fraction of sp³-hybridized carbons (Fsp3) is 0.214. The molecule has 0 unspecified atom stereocenters. The van der Waals surface area contributed by atoms with Crippen LogP contribution in [0.3, 0.4) is 0 Å². The second kappa shape index (κ2) is 6.38. The Labute approximate surface area is 111 Å². The maximum Gasteiger partial charge on any atom is 0.223 e. The van der Waals surface area contributed by atoms with Crippen molar-refractivity contribution < 1.29 is 9.84 Å². The summed E-state index contributed by atoms with van der Waals surface area (Å²) in [7, 11) is 0. The Morgan fingerprint density at radius 2 is 1.94 bits per heavy atom. The Morgan fingerprint density at radius 3 is 2.61 bits per heavy atom. The Hall–Kier alpha value is -1.58. The molecule has 18 heavy (non-hydrogen) atoms. The highest BCUT2D eigenvalue weighted by Crippen LogP contribution is 2.24. The molecule has 1 aromatic carbocycles. The molecular weight excluding hydrogens is 250 g/mol. The van der Waals surface area contributed by atoms with Crippen molar-refractivity contribution in [2.75, 3.05) is 6.61 Å². The summed E-state index contributed by atoms with van der Waals surface area (Å²) in [6.45, 7) is 0.150. The van der Waals surface area contributed by atoms with E-state index in [-0.39, 0.29) is 6.61 Å². The van der Waals surface area contributed by atoms with Crippen LogP contribution in [0.2, 0.25) is 0 Å². The van der Waals surface area contributed by atoms with Crippen LogP contribution in [0.4, 0.5) is 0 Å². The third-order valence-electron chi connectivity index (χ3n) is 2.53. The van der Waals surface area contributed by atoms with Gasteiger partial charge in [-0.05, 0) is 30.2 Å². The first-order valence-corrected chi connectivity index (χ1v) is 6.24. The molecule has 0 amide bonds. The molecule has 1 N–H and O–H groups in total. The molecule has 0 aliphatic heterocycles. The van der Waals surface area contributed by atoms with Gasteiger partial charge in [-0.1, -0.05) is 18.2 Å². The van der Waals surface area contributed by atoms with E-state index in [4.69, 9.17) is 21.4 Å². The zero-order valence-electron chi connectivity index (χ0n) is 9.84. The number of pyridine rings is 1. The van der Waals surface area contributed by atoms with Gasteiger partial charge in [0.25, 0.3) is 0 Å². The number of benzene rings is 1. The summed E-state index contributed by atoms with van der Waals surface area (Å²) in [5, 5.41) is 8.84. The summed E-state index contributed by atoms with van der Waals surface area (Å²) < 4.78 is 5.68. The number of aromatic nitrogens is 1. The summed E-state index contributed by atoms with van der Waals surface area (Å²) in [4.78, 5) is 4.16. The Balaban J connectivity index is 2.13. The van der Waals surface area contributed by atoms with Crippen LogP contribution < -0.4 is 4.74 Å². The van der Waals surface area contributed by atoms with Crippen molar-refractivity contribution in [1.82, 2.24) is 4.98 Å². The molecule has 3 nitrogen and oxygen atoms in total. The first-order valence-electron chi connectivity index (χ1n) is 5.71. The van der Waals surface area contributed by atoms with Gasteiger partial charge in [0.1, 0.15) is 5.75 Å². The molecule has 0 atom stereocenters. The predicted octanol–water partition coefficient (Wildman–Crippen LogP) is 3.15. The number of hydrogen-bond donors (Lipinski definition) is 1. The molecule has 2 rings (SSSR count). The highest BCUT2D eigenvalue weighted by atomic mass is 35.5. The SMILES string of the molecule is OCCc1ccc(Oc2ncccc2CCl)cc1. The molecule has 94 valence electrons. The second-order valence-corrected chi connectivity index (χ2v) is 4.09. The van der Waals surface area contributed by atoms with Gasteiger partial charge in [0.15, 0.2) is 0 Å². The van der Waals surface area contributed by atoms with E-state index in [0.29, 0.717) is 23.9 Å². The Kier molecular flexibility index (Phi) is 4.56. The van der Waals surface area contributed by atoms with Crippen molar-refractivity contribution in [1.29, 1.82) is 0 Å². The molecule has 0 saturated carbocycles. The van der Waals surface area contributed by atoms with Gasteiger partial charge >= 0.3 is 0 Å². The second-order valence-electron chi connectivity index (χ2n) is 3.82. The lowest BCUT2D eigenvalue weighted by atomic mass is 10.1. The monoisotopic (exact) mass is 263 g/mol. The summed E-state index contributed by atoms with van der Waals surface area (Å²) in [5.74, 6) is 1.61. The van der Waals surface area contributed by atoms with E-state index in [2.05, 4.69) is 4.98 Å². The maximum atomic E-state index is 8.84. The zero-order valence-corrected chi connectivity index (χ0v) is 10.6. The molecule has 1 aromatic heterocycles. The summed E-state index contributed by atoms with van der Waals surface area (Å²) in [5.41, 5.74) is 1.93. The van der Waals surface area contributed by atoms with Gasteiger partial charge in [-0.3, -0.25) is 0 Å². The number of alkyl halides is 1. The largest absolute Gasteiger partial charge is 0.439 e. The normalized spacial score (nSPS) is 10.3. The molecule has 0 radical (unpaired) electrons. The van der Waals surface area contributed by atoms with Crippen LogP contribution in [-0.2, 0) is 12.3 Å². The van der Waals surface area contributed by atoms with E-state index < -0.39 is 0 Å². The highest BCUT2D eigenvalue weighted by molar-refractivity contribution is 6.17. The smallest absolute Gasteiger partial charge is 0.223 e. The van der Waals surface area contributed by atoms with Gasteiger partial charge in [-0.25, -0.2) is 4.98 Å². The lowest BCUT2D eigenvalue weighted by molar-refractivity contribution is 0.299. The van der Waals surface area contributed by atoms with Crippen LogP contribution in [-0.4, -0.2) is 16.7 Å². The van der Waals surface area contributed by atoms with Crippen molar-refractivity contribution >= 4 is 11.6 Å². The van der Waals surface area contributed by atoms with Crippen LogP contribution >= 0.6 is 11.6 Å². The van der Waals surface area contributed by atoms with E-state index >= 15 is 0 Å². The van der Waals surface area contributed by atoms with Crippen LogP contribution in [0.1, 0.15) is 11.1 Å². The van der Waals surface area contributed by atoms with E-state index in [1.807, 2.05) is 36.4 Å². The molecule has 0 spiro atoms. The van der Waals surface area contributed by atoms with Crippen molar-refractivity contribution in [3.05, 3.63) is 53.7 Å². The summed E-state index contributed by atoms with van der Waals surface area (Å²) >= 11 is 5.82. The fourth-order valence-corrected chi connectivity index (χ4v) is 1.79. The topological polar surface area (TPSA) is 42.4 Å². The number of hydrogen-bond acceptors (Lipinski definition) is 3. The lowest BCUT2D eigenvalue weighted by Gasteiger charge is -2.08. The van der Waals surface area contributed by atoms with Crippen LogP contribution in [0.15, 0.2) is 42.6 Å². The first kappa shape index (κ1) is 12.9. The third kappa shape index (κ3) is 3.22. The van der Waals surface area contributed by atoms with E-state index in [1.165, 1.54) is 0 Å². The summed E-state index contributed by atoms with van der Waals surface area (Å²) in [6, 6.07) is 11.3. The third-order valence-corrected chi connectivity index (χ3v) is 2.82. The van der Waals surface area contributed by atoms with Gasteiger partial charge in [0, 0.05) is 18.4 Å². The maximum absolute atomic E-state index is 8.84. The summed E-state index contributed by atoms with van der Waals surface area (Å²) in [6.07, 6.45) is 2.32. The lowest BCUT2D eigenvalue weighted by Crippen LogP contribution is -1.94. The molecule has 0 saturated heterocycles. The van der Waals surface area contributed by atoms with Crippen LogP contribution in [0.5, 0.6) is 11.6 Å². The van der Waals surface area contributed by atoms with Crippen molar-refractivity contribution in [3.8, 4) is 11.6 Å². The first-order chi connectivity index (χ1) is 8.83. The van der Waals surface area contributed by atoms with Crippen molar-refractivity contribution in [2.24, 2.45) is 0 Å². The number of aliphatic hydroxyl groups is 1. The number of halogens is 1. The van der Waals surface area contributed by atoms with Crippen LogP contribution in [0, 0.1) is 0 Å². The zero-order chi connectivity index (χ0) is 12.8. The molecule has 0 aliphatic carbocycles. The number of rotatable bonds is 5. The van der Waals surface area contributed by atoms with Gasteiger partial charge < -0.3 is 9.84 Å². The minimum atomic E-state index is 0.150. The Bertz CT molecular complexity index is 499. The average molecular weight is 264 g/mol. The van der Waals surface area contributed by atoms with Gasteiger partial charge in [-0.2, -0.15) is 0 Å². The Morgan fingerprint density at radius 1 is 1.17 bits per heavy atom. The standard InChI is InChI=1S/C14H14ClNO2/c15-10-12-2-1-8-16-14(12)18-13-5-3-11(4-6-13)7-9-17/h1-6,8,17H,7,9-10H2. The minimum absolute atomic E-state index is 0.150. The fourth-order valence-electron chi connectivity index (χ4n) is 1.58. The van der Waals surface area contributed by atoms with E-state index in [0.717, 1.165) is 11.1 Å². The average Bonchev–Trinajstić information content (AvgIpc) is 2.42. The molecular formula is C14H14ClNO2. The number of aliphatic hydroxyl groups excluding tert-OH is 1. The number of nitrogens with zero attached hydrogens (tertiary/aromatic N) is 1. The van der Waals surface area contributed by atoms with Gasteiger partial charge in [0.05, 0.1) is 5.88 Å². The molecule has 4 heteroatoms. The van der Waals surface area contributed by atoms with Gasteiger partial charge in [0.2, 0.25) is 5.88 Å². The molecule has 0 aliphatic rings. The molecule has 2 aromatic rings. The molecule has 0 fully saturated rings. The molecule has 0 bridgehead atoms. The van der Waals surface area contributed by atoms with Crippen molar-refractivity contribution in [3.63, 3.8) is 0 Å². The van der Waals surface area contributed by atoms with Gasteiger partial charge in [-0.15, -0.1) is 11.6 Å². The van der Waals surface area contributed by atoms with E-state index in [1.54, 1.807) is 6.20 Å². The quantitative estimate of drug-likeness (QED) is 0.843. The molecule has 1 heterocycles. The minimum Gasteiger partial charge on any atom is -0.439 e. The van der Waals surface area contributed by atoms with Crippen LogP contribution in [0.25, 0.3) is 0 Å². The highest BCUT2D eigenvalue weighted by Gasteiger charge is 2.04. The van der Waals surface area contributed by atoms with Crippen molar-refractivity contribution in [2.45, 2.75) is 12.3 Å². The predicted molar refractivity (Wildman–Crippen MR) is 71.1 cm³/mol.